The molecule has 102 valence electrons. The number of pyridine rings is 1. The number of nitrogens with zero attached hydrogens (tertiary/aromatic N) is 1. The van der Waals surface area contributed by atoms with E-state index < -0.39 is 0 Å². The van der Waals surface area contributed by atoms with E-state index in [9.17, 15) is 0 Å². The van der Waals surface area contributed by atoms with Gasteiger partial charge in [0.15, 0.2) is 0 Å². The predicted octanol–water partition coefficient (Wildman–Crippen LogP) is 2.85. The molecule has 1 N–H and O–H groups in total. The normalized spacial score (nSPS) is 10.6. The Kier molecular flexibility index (Phi) is 8.17. The molecule has 4 heteroatoms. The lowest BCUT2D eigenvalue weighted by Gasteiger charge is -2.07. The summed E-state index contributed by atoms with van der Waals surface area (Å²) in [5, 5.41) is 3.18. The molecule has 1 rings (SSSR count). The summed E-state index contributed by atoms with van der Waals surface area (Å²) >= 11 is 0. The first-order valence-electron chi connectivity index (χ1n) is 6.72. The fourth-order valence-corrected chi connectivity index (χ4v) is 1.48. The smallest absolute Gasteiger partial charge is 0.126 e. The number of ether oxygens (including phenoxy) is 2. The molecular weight excluding hydrogens is 228 g/mol. The molecule has 1 aromatic heterocycles. The topological polar surface area (TPSA) is 43.4 Å². The van der Waals surface area contributed by atoms with Crippen molar-refractivity contribution in [3.05, 3.63) is 23.9 Å². The van der Waals surface area contributed by atoms with Gasteiger partial charge in [0.25, 0.3) is 0 Å². The Balaban J connectivity index is 2.13. The van der Waals surface area contributed by atoms with Crippen molar-refractivity contribution < 1.29 is 9.47 Å². The molecule has 0 amide bonds. The van der Waals surface area contributed by atoms with Gasteiger partial charge < -0.3 is 14.8 Å². The molecule has 0 aliphatic rings. The zero-order chi connectivity index (χ0) is 13.1. The summed E-state index contributed by atoms with van der Waals surface area (Å²) in [5.74, 6) is 0.901. The van der Waals surface area contributed by atoms with Crippen molar-refractivity contribution in [2.24, 2.45) is 0 Å². The van der Waals surface area contributed by atoms with Crippen molar-refractivity contribution in [3.8, 4) is 0 Å². The number of aromatic nitrogens is 1. The first-order valence-corrected chi connectivity index (χ1v) is 6.72. The van der Waals surface area contributed by atoms with E-state index in [4.69, 9.17) is 9.47 Å². The number of unbranched alkanes of at least 4 members (excludes halogenated alkanes) is 1. The summed E-state index contributed by atoms with van der Waals surface area (Å²) in [7, 11) is 0. The maximum absolute atomic E-state index is 5.52. The molecule has 4 nitrogen and oxygen atoms in total. The first kappa shape index (κ1) is 14.9. The summed E-state index contributed by atoms with van der Waals surface area (Å²) in [6.07, 6.45) is 2.29. The minimum absolute atomic E-state index is 0.538. The van der Waals surface area contributed by atoms with Gasteiger partial charge in [-0.2, -0.15) is 0 Å². The van der Waals surface area contributed by atoms with Crippen LogP contribution in [0.3, 0.4) is 0 Å². The fraction of sp³-hybridized carbons (Fsp3) is 0.643. The van der Waals surface area contributed by atoms with Gasteiger partial charge in [0.2, 0.25) is 0 Å². The lowest BCUT2D eigenvalue weighted by atomic mass is 10.3. The Morgan fingerprint density at radius 2 is 1.94 bits per heavy atom. The van der Waals surface area contributed by atoms with Crippen molar-refractivity contribution in [3.63, 3.8) is 0 Å². The predicted molar refractivity (Wildman–Crippen MR) is 73.8 cm³/mol. The largest absolute Gasteiger partial charge is 0.379 e. The summed E-state index contributed by atoms with van der Waals surface area (Å²) in [6, 6.07) is 5.92. The summed E-state index contributed by atoms with van der Waals surface area (Å²) < 4.78 is 10.9. The van der Waals surface area contributed by atoms with Gasteiger partial charge in [0.05, 0.1) is 25.5 Å². The molecule has 0 bridgehead atoms. The lowest BCUT2D eigenvalue weighted by molar-refractivity contribution is 0.0386. The Morgan fingerprint density at radius 1 is 1.11 bits per heavy atom. The molecule has 0 atom stereocenters. The van der Waals surface area contributed by atoms with Crippen molar-refractivity contribution in [1.29, 1.82) is 0 Å². The fourth-order valence-electron chi connectivity index (χ4n) is 1.48. The zero-order valence-corrected chi connectivity index (χ0v) is 11.4. The van der Waals surface area contributed by atoms with Crippen LogP contribution in [0, 0.1) is 0 Å². The third-order valence-corrected chi connectivity index (χ3v) is 2.43. The molecule has 18 heavy (non-hydrogen) atoms. The van der Waals surface area contributed by atoms with Gasteiger partial charge >= 0.3 is 0 Å². The van der Waals surface area contributed by atoms with Crippen molar-refractivity contribution >= 4 is 5.82 Å². The molecule has 0 unspecified atom stereocenters. The molecule has 1 aromatic rings. The van der Waals surface area contributed by atoms with Crippen LogP contribution in [0.5, 0.6) is 0 Å². The minimum atomic E-state index is 0.538. The summed E-state index contributed by atoms with van der Waals surface area (Å²) in [4.78, 5) is 4.43. The average Bonchev–Trinajstić information content (AvgIpc) is 2.39. The second kappa shape index (κ2) is 9.85. The van der Waals surface area contributed by atoms with E-state index in [1.54, 1.807) is 0 Å². The SMILES string of the molecule is CCCCOCCOCc1cccc(NCC)n1. The van der Waals surface area contributed by atoms with Crippen molar-refractivity contribution in [1.82, 2.24) is 4.98 Å². The molecule has 0 fully saturated rings. The number of nitrogens with one attached hydrogen (secondary N) is 1. The van der Waals surface area contributed by atoms with E-state index in [-0.39, 0.29) is 0 Å². The highest BCUT2D eigenvalue weighted by Crippen LogP contribution is 2.05. The average molecular weight is 252 g/mol. The molecule has 0 aliphatic carbocycles. The van der Waals surface area contributed by atoms with Gasteiger partial charge in [0, 0.05) is 13.2 Å². The van der Waals surface area contributed by atoms with Crippen LogP contribution in [-0.4, -0.2) is 31.3 Å². The maximum Gasteiger partial charge on any atom is 0.126 e. The number of rotatable bonds is 10. The molecule has 1 heterocycles. The number of hydrogen-bond acceptors (Lipinski definition) is 4. The van der Waals surface area contributed by atoms with Gasteiger partial charge in [-0.25, -0.2) is 4.98 Å². The second-order valence-electron chi connectivity index (χ2n) is 4.06. The van der Waals surface area contributed by atoms with E-state index >= 15 is 0 Å². The molecule has 0 aliphatic heterocycles. The van der Waals surface area contributed by atoms with E-state index in [0.717, 1.165) is 31.1 Å². The monoisotopic (exact) mass is 252 g/mol. The molecule has 0 spiro atoms. The highest BCUT2D eigenvalue weighted by molar-refractivity contribution is 5.34. The Bertz CT molecular complexity index is 318. The van der Waals surface area contributed by atoms with Crippen LogP contribution in [0.25, 0.3) is 0 Å². The van der Waals surface area contributed by atoms with Crippen LogP contribution < -0.4 is 5.32 Å². The first-order chi connectivity index (χ1) is 8.86. The van der Waals surface area contributed by atoms with Gasteiger partial charge in [-0.1, -0.05) is 19.4 Å². The number of hydrogen-bond donors (Lipinski definition) is 1. The van der Waals surface area contributed by atoms with Crippen LogP contribution in [0.4, 0.5) is 5.82 Å². The second-order valence-corrected chi connectivity index (χ2v) is 4.06. The Labute approximate surface area is 110 Å². The molecule has 0 aromatic carbocycles. The summed E-state index contributed by atoms with van der Waals surface area (Å²) in [5.41, 5.74) is 0.946. The van der Waals surface area contributed by atoms with Crippen LogP contribution >= 0.6 is 0 Å². The number of anilines is 1. The van der Waals surface area contributed by atoms with Gasteiger partial charge in [0.1, 0.15) is 5.82 Å². The van der Waals surface area contributed by atoms with Gasteiger partial charge in [-0.3, -0.25) is 0 Å². The zero-order valence-electron chi connectivity index (χ0n) is 11.4. The lowest BCUT2D eigenvalue weighted by Crippen LogP contribution is -2.07. The standard InChI is InChI=1S/C14H24N2O2/c1-3-5-9-17-10-11-18-12-13-7-6-8-14(16-13)15-4-2/h6-8H,3-5,9-12H2,1-2H3,(H,15,16). The summed E-state index contributed by atoms with van der Waals surface area (Å²) in [6.45, 7) is 7.73. The molecule has 0 saturated carbocycles. The Hall–Kier alpha value is -1.13. The van der Waals surface area contributed by atoms with Crippen molar-refractivity contribution in [2.75, 3.05) is 31.7 Å². The van der Waals surface area contributed by atoms with Gasteiger partial charge in [-0.15, -0.1) is 0 Å². The van der Waals surface area contributed by atoms with Crippen LogP contribution in [0.1, 0.15) is 32.4 Å². The van der Waals surface area contributed by atoms with E-state index in [2.05, 4.69) is 24.1 Å². The van der Waals surface area contributed by atoms with E-state index in [1.165, 1.54) is 6.42 Å². The molecule has 0 radical (unpaired) electrons. The van der Waals surface area contributed by atoms with Crippen LogP contribution in [0.2, 0.25) is 0 Å². The van der Waals surface area contributed by atoms with Crippen molar-refractivity contribution in [2.45, 2.75) is 33.3 Å². The maximum atomic E-state index is 5.52. The minimum Gasteiger partial charge on any atom is -0.379 e. The van der Waals surface area contributed by atoms with E-state index in [1.807, 2.05) is 18.2 Å². The highest BCUT2D eigenvalue weighted by atomic mass is 16.5. The van der Waals surface area contributed by atoms with Crippen LogP contribution in [-0.2, 0) is 16.1 Å². The Morgan fingerprint density at radius 3 is 2.72 bits per heavy atom. The van der Waals surface area contributed by atoms with Gasteiger partial charge in [-0.05, 0) is 25.5 Å². The van der Waals surface area contributed by atoms with E-state index in [0.29, 0.717) is 19.8 Å². The molecular formula is C14H24N2O2. The third-order valence-electron chi connectivity index (χ3n) is 2.43. The molecule has 0 saturated heterocycles. The highest BCUT2D eigenvalue weighted by Gasteiger charge is 1.97. The quantitative estimate of drug-likeness (QED) is 0.650. The van der Waals surface area contributed by atoms with Crippen LogP contribution in [0.15, 0.2) is 18.2 Å². The third kappa shape index (κ3) is 6.57.